The summed E-state index contributed by atoms with van der Waals surface area (Å²) in [6, 6.07) is 0. The summed E-state index contributed by atoms with van der Waals surface area (Å²) < 4.78 is 37.5. The van der Waals surface area contributed by atoms with Gasteiger partial charge >= 0.3 is 15.4 Å². The van der Waals surface area contributed by atoms with Crippen LogP contribution in [0, 0.1) is 5.92 Å². The Morgan fingerprint density at radius 2 is 1.90 bits per heavy atom. The van der Waals surface area contributed by atoms with E-state index in [0.717, 1.165) is 5.82 Å². The topological polar surface area (TPSA) is 123 Å². The van der Waals surface area contributed by atoms with E-state index in [4.69, 9.17) is 26.9 Å². The fraction of sp³-hybridized carbons (Fsp3) is 0.800. The number of hydrogen-bond acceptors (Lipinski definition) is 5. The first-order chi connectivity index (χ1) is 9.59. The van der Waals surface area contributed by atoms with Crippen LogP contribution in [-0.2, 0) is 22.9 Å². The van der Waals surface area contributed by atoms with E-state index in [1.165, 1.54) is 20.1 Å². The lowest BCUT2D eigenvalue weighted by molar-refractivity contribution is -0.00588. The van der Waals surface area contributed by atoms with Gasteiger partial charge in [-0.3, -0.25) is 13.6 Å². The fourth-order valence-electron chi connectivity index (χ4n) is 2.27. The molecule has 0 spiro atoms. The van der Waals surface area contributed by atoms with E-state index in [1.54, 1.807) is 0 Å². The molecule has 1 fully saturated rings. The molecule has 1 aliphatic rings. The highest BCUT2D eigenvalue weighted by Gasteiger charge is 2.44. The Bertz CT molecular complexity index is 464. The van der Waals surface area contributed by atoms with E-state index < -0.39 is 39.4 Å². The Hall–Kier alpha value is 0.0249. The predicted molar refractivity (Wildman–Crippen MR) is 75.9 cm³/mol. The minimum atomic E-state index is -4.34. The summed E-state index contributed by atoms with van der Waals surface area (Å²) in [6.45, 7) is 1.51. The zero-order chi connectivity index (χ0) is 16.3. The monoisotopic (exact) mass is 340 g/mol. The van der Waals surface area contributed by atoms with E-state index >= 15 is 0 Å². The first kappa shape index (κ1) is 19.1. The lowest BCUT2D eigenvalue weighted by Crippen LogP contribution is -2.30. The summed E-state index contributed by atoms with van der Waals surface area (Å²) in [4.78, 5) is 27.3. The summed E-state index contributed by atoms with van der Waals surface area (Å²) >= 11 is 0. The van der Waals surface area contributed by atoms with Crippen molar-refractivity contribution in [2.24, 2.45) is 5.92 Å². The van der Waals surface area contributed by atoms with Crippen molar-refractivity contribution >= 4 is 23.3 Å². The average Bonchev–Trinajstić information content (AvgIpc) is 2.60. The van der Waals surface area contributed by atoms with Gasteiger partial charge in [-0.05, 0) is 19.2 Å². The average molecular weight is 340 g/mol. The van der Waals surface area contributed by atoms with Gasteiger partial charge in [0.25, 0.3) is 0 Å². The second-order valence-corrected chi connectivity index (χ2v) is 7.53. The first-order valence-electron chi connectivity index (χ1n) is 6.28. The summed E-state index contributed by atoms with van der Waals surface area (Å²) in [7, 11) is -1.39. The second kappa shape index (κ2) is 7.53. The maximum atomic E-state index is 11.7. The van der Waals surface area contributed by atoms with Crippen LogP contribution in [0.15, 0.2) is 11.9 Å². The van der Waals surface area contributed by atoms with E-state index in [9.17, 15) is 14.0 Å². The van der Waals surface area contributed by atoms with Gasteiger partial charge in [0.1, 0.15) is 6.10 Å². The minimum Gasteiger partial charge on any atom is -0.379 e. The summed E-state index contributed by atoms with van der Waals surface area (Å²) in [5.74, 6) is -0.339. The van der Waals surface area contributed by atoms with Crippen LogP contribution in [-0.4, -0.2) is 48.5 Å². The Morgan fingerprint density at radius 3 is 2.38 bits per heavy atom. The van der Waals surface area contributed by atoms with Crippen LogP contribution >= 0.6 is 15.4 Å². The highest BCUT2D eigenvalue weighted by atomic mass is 31.2. The fourth-order valence-corrected chi connectivity index (χ4v) is 3.69. The van der Waals surface area contributed by atoms with Crippen molar-refractivity contribution in [3.8, 4) is 0 Å². The Labute approximate surface area is 124 Å². The van der Waals surface area contributed by atoms with Crippen molar-refractivity contribution in [2.75, 3.05) is 13.7 Å². The number of phosphoric ester groups is 1. The molecule has 8 nitrogen and oxygen atoms in total. The van der Waals surface area contributed by atoms with Crippen LogP contribution in [0.1, 0.15) is 13.3 Å². The molecule has 0 bridgehead atoms. The van der Waals surface area contributed by atoms with Gasteiger partial charge in [0.2, 0.25) is 0 Å². The molecule has 0 aromatic heterocycles. The smallest absolute Gasteiger partial charge is 0.379 e. The van der Waals surface area contributed by atoms with Crippen molar-refractivity contribution in [3.63, 3.8) is 0 Å². The van der Waals surface area contributed by atoms with Crippen LogP contribution in [0.5, 0.6) is 0 Å². The van der Waals surface area contributed by atoms with Gasteiger partial charge in [0.15, 0.2) is 0 Å². The molecule has 0 heterocycles. The SMILES string of the molecule is [B][C@@H]1C[C@H](/C=C/P(=O)(O)O)[C@@H](OP(=O)(O)OCC)[C@H]1OC. The predicted octanol–water partition coefficient (Wildman–Crippen LogP) is 1.19. The molecule has 11 heteroatoms. The first-order valence-corrected chi connectivity index (χ1v) is 9.46. The van der Waals surface area contributed by atoms with E-state index in [-0.39, 0.29) is 6.61 Å². The van der Waals surface area contributed by atoms with Gasteiger partial charge in [0.05, 0.1) is 20.6 Å². The maximum Gasteiger partial charge on any atom is 0.472 e. The van der Waals surface area contributed by atoms with Crippen LogP contribution in [0.2, 0.25) is 5.82 Å². The minimum absolute atomic E-state index is 0.0206. The summed E-state index contributed by atoms with van der Waals surface area (Å²) in [5.41, 5.74) is 0. The Kier molecular flexibility index (Phi) is 6.84. The number of ether oxygens (including phenoxy) is 1. The molecule has 0 amide bonds. The van der Waals surface area contributed by atoms with Crippen molar-refractivity contribution in [3.05, 3.63) is 11.9 Å². The third-order valence-corrected chi connectivity index (χ3v) is 4.71. The summed E-state index contributed by atoms with van der Waals surface area (Å²) in [5, 5.41) is 0. The maximum absolute atomic E-state index is 11.7. The third-order valence-electron chi connectivity index (χ3n) is 3.06. The molecular weight excluding hydrogens is 321 g/mol. The zero-order valence-corrected chi connectivity index (χ0v) is 13.5. The number of rotatable bonds is 7. The molecule has 1 rings (SSSR count). The van der Waals surface area contributed by atoms with Crippen molar-refractivity contribution in [1.82, 2.24) is 0 Å². The van der Waals surface area contributed by atoms with Gasteiger partial charge in [-0.25, -0.2) is 4.57 Å². The molecule has 1 saturated carbocycles. The van der Waals surface area contributed by atoms with E-state index in [0.29, 0.717) is 6.42 Å². The third kappa shape index (κ3) is 5.97. The van der Waals surface area contributed by atoms with Crippen LogP contribution in [0.25, 0.3) is 0 Å². The van der Waals surface area contributed by atoms with E-state index in [1.807, 2.05) is 0 Å². The second-order valence-electron chi connectivity index (χ2n) is 4.65. The van der Waals surface area contributed by atoms with Crippen molar-refractivity contribution in [2.45, 2.75) is 31.4 Å². The van der Waals surface area contributed by atoms with Gasteiger partial charge in [-0.15, -0.1) is 0 Å². The number of phosphoric acid groups is 1. The van der Waals surface area contributed by atoms with Crippen LogP contribution in [0.4, 0.5) is 0 Å². The Morgan fingerprint density at radius 1 is 1.29 bits per heavy atom. The molecule has 0 saturated heterocycles. The molecule has 21 heavy (non-hydrogen) atoms. The molecule has 120 valence electrons. The van der Waals surface area contributed by atoms with Crippen LogP contribution in [0.3, 0.4) is 0 Å². The van der Waals surface area contributed by atoms with Gasteiger partial charge in [0, 0.05) is 18.8 Å². The largest absolute Gasteiger partial charge is 0.472 e. The van der Waals surface area contributed by atoms with Gasteiger partial charge < -0.3 is 19.4 Å². The standard InChI is InChI=1S/C10H19BO8P2/c1-3-18-21(15,16)19-9-7(4-5-20(12,13)14)6-8(11)10(9)17-2/h4-5,7-10H,3,6H2,1-2H3,(H,15,16)(H2,12,13,14)/b5-4+/t7-,8+,9+,10-/m0/s1. The van der Waals surface area contributed by atoms with E-state index in [2.05, 4.69) is 4.52 Å². The Balaban J connectivity index is 2.93. The molecule has 0 aliphatic heterocycles. The van der Waals surface area contributed by atoms with Crippen LogP contribution < -0.4 is 0 Å². The molecule has 2 radical (unpaired) electrons. The molecule has 3 N–H and O–H groups in total. The van der Waals surface area contributed by atoms with Gasteiger partial charge in [-0.1, -0.05) is 6.08 Å². The van der Waals surface area contributed by atoms with Crippen molar-refractivity contribution in [1.29, 1.82) is 0 Å². The lowest BCUT2D eigenvalue weighted by atomic mass is 9.83. The number of hydrogen-bond donors (Lipinski definition) is 3. The highest BCUT2D eigenvalue weighted by molar-refractivity contribution is 7.55. The molecule has 1 aliphatic carbocycles. The number of methoxy groups -OCH3 is 1. The molecule has 1 unspecified atom stereocenters. The summed E-state index contributed by atoms with van der Waals surface area (Å²) in [6.07, 6.45) is -0.0882. The lowest BCUT2D eigenvalue weighted by Gasteiger charge is -2.25. The zero-order valence-electron chi connectivity index (χ0n) is 11.7. The molecule has 0 aromatic rings. The molecule has 5 atom stereocenters. The molecule has 0 aromatic carbocycles. The quantitative estimate of drug-likeness (QED) is 0.467. The van der Waals surface area contributed by atoms with Gasteiger partial charge in [-0.2, -0.15) is 0 Å². The normalized spacial score (nSPS) is 33.4. The van der Waals surface area contributed by atoms with Crippen molar-refractivity contribution < 1.29 is 37.6 Å². The molecular formula is C10H19BO8P2. The highest BCUT2D eigenvalue weighted by Crippen LogP contribution is 2.51.